The predicted molar refractivity (Wildman–Crippen MR) is 53.5 cm³/mol. The summed E-state index contributed by atoms with van der Waals surface area (Å²) < 4.78 is 0. The van der Waals surface area contributed by atoms with Crippen LogP contribution < -0.4 is 10.6 Å². The monoisotopic (exact) mass is 184 g/mol. The number of amides is 1. The number of carbonyl (C=O) groups excluding carboxylic acids is 1. The minimum absolute atomic E-state index is 0.209. The third-order valence-corrected chi connectivity index (χ3v) is 2.76. The lowest BCUT2D eigenvalue weighted by molar-refractivity contribution is -0.125. The molecule has 13 heavy (non-hydrogen) atoms. The van der Waals surface area contributed by atoms with Crippen LogP contribution in [0.4, 0.5) is 0 Å². The number of hydrogen-bond donors (Lipinski definition) is 2. The second-order valence-corrected chi connectivity index (χ2v) is 3.71. The lowest BCUT2D eigenvalue weighted by Crippen LogP contribution is -2.39. The Morgan fingerprint density at radius 1 is 1.54 bits per heavy atom. The zero-order chi connectivity index (χ0) is 9.68. The van der Waals surface area contributed by atoms with Crippen LogP contribution in [0.5, 0.6) is 0 Å². The third kappa shape index (κ3) is 2.99. The highest BCUT2D eigenvalue weighted by atomic mass is 16.1. The van der Waals surface area contributed by atoms with E-state index >= 15 is 0 Å². The molecule has 1 rings (SSSR count). The first kappa shape index (κ1) is 10.5. The van der Waals surface area contributed by atoms with E-state index in [2.05, 4.69) is 24.5 Å². The van der Waals surface area contributed by atoms with Gasteiger partial charge in [0.1, 0.15) is 0 Å². The Morgan fingerprint density at radius 2 is 2.23 bits per heavy atom. The van der Waals surface area contributed by atoms with Crippen molar-refractivity contribution in [2.75, 3.05) is 13.1 Å². The van der Waals surface area contributed by atoms with E-state index in [-0.39, 0.29) is 11.8 Å². The third-order valence-electron chi connectivity index (χ3n) is 2.76. The van der Waals surface area contributed by atoms with E-state index in [0.717, 1.165) is 32.4 Å². The minimum atomic E-state index is 0.209. The summed E-state index contributed by atoms with van der Waals surface area (Å²) >= 11 is 0. The molecule has 0 bridgehead atoms. The van der Waals surface area contributed by atoms with E-state index < -0.39 is 0 Å². The molecular formula is C10H20N2O. The molecule has 1 amide bonds. The maximum Gasteiger partial charge on any atom is 0.223 e. The molecule has 0 aromatic heterocycles. The van der Waals surface area contributed by atoms with Crippen LogP contribution in [-0.4, -0.2) is 25.0 Å². The van der Waals surface area contributed by atoms with Crippen molar-refractivity contribution < 1.29 is 4.79 Å². The molecule has 1 heterocycles. The van der Waals surface area contributed by atoms with Crippen LogP contribution in [0.3, 0.4) is 0 Å². The average molecular weight is 184 g/mol. The molecule has 1 aliphatic heterocycles. The SMILES string of the molecule is CCC(CC)C(=O)N[C@H]1CCNC1. The highest BCUT2D eigenvalue weighted by Gasteiger charge is 2.20. The van der Waals surface area contributed by atoms with Crippen LogP contribution in [0.15, 0.2) is 0 Å². The Hall–Kier alpha value is -0.570. The number of hydrogen-bond acceptors (Lipinski definition) is 2. The Morgan fingerprint density at radius 3 is 2.69 bits per heavy atom. The van der Waals surface area contributed by atoms with Crippen LogP contribution in [0.2, 0.25) is 0 Å². The van der Waals surface area contributed by atoms with E-state index in [9.17, 15) is 4.79 Å². The van der Waals surface area contributed by atoms with Crippen molar-refractivity contribution in [1.82, 2.24) is 10.6 Å². The molecule has 0 aliphatic carbocycles. The fourth-order valence-corrected chi connectivity index (χ4v) is 1.76. The van der Waals surface area contributed by atoms with Crippen molar-refractivity contribution in [3.63, 3.8) is 0 Å². The molecule has 1 atom stereocenters. The Kier molecular flexibility index (Phi) is 4.22. The molecule has 0 aromatic rings. The number of nitrogens with one attached hydrogen (secondary N) is 2. The Balaban J connectivity index is 2.29. The van der Waals surface area contributed by atoms with Crippen LogP contribution in [0.25, 0.3) is 0 Å². The molecule has 0 spiro atoms. The minimum Gasteiger partial charge on any atom is -0.352 e. The van der Waals surface area contributed by atoms with Crippen molar-refractivity contribution in [3.8, 4) is 0 Å². The van der Waals surface area contributed by atoms with Gasteiger partial charge in [-0.2, -0.15) is 0 Å². The van der Waals surface area contributed by atoms with E-state index in [1.165, 1.54) is 0 Å². The van der Waals surface area contributed by atoms with Crippen LogP contribution in [-0.2, 0) is 4.79 Å². The standard InChI is InChI=1S/C10H20N2O/c1-3-8(4-2)10(13)12-9-5-6-11-7-9/h8-9,11H,3-7H2,1-2H3,(H,12,13)/t9-/m0/s1. The molecule has 0 radical (unpaired) electrons. The zero-order valence-electron chi connectivity index (χ0n) is 8.60. The maximum atomic E-state index is 11.6. The summed E-state index contributed by atoms with van der Waals surface area (Å²) in [5.41, 5.74) is 0. The second kappa shape index (κ2) is 5.22. The summed E-state index contributed by atoms with van der Waals surface area (Å²) in [4.78, 5) is 11.6. The van der Waals surface area contributed by atoms with Gasteiger partial charge in [-0.05, 0) is 25.8 Å². The van der Waals surface area contributed by atoms with Crippen LogP contribution >= 0.6 is 0 Å². The quantitative estimate of drug-likeness (QED) is 0.681. The molecule has 0 aromatic carbocycles. The van der Waals surface area contributed by atoms with Gasteiger partial charge in [-0.1, -0.05) is 13.8 Å². The van der Waals surface area contributed by atoms with Crippen molar-refractivity contribution in [2.45, 2.75) is 39.2 Å². The van der Waals surface area contributed by atoms with Gasteiger partial charge >= 0.3 is 0 Å². The van der Waals surface area contributed by atoms with Gasteiger partial charge in [0, 0.05) is 18.5 Å². The topological polar surface area (TPSA) is 41.1 Å². The molecule has 1 fully saturated rings. The Bertz CT molecular complexity index is 160. The highest BCUT2D eigenvalue weighted by molar-refractivity contribution is 5.78. The summed E-state index contributed by atoms with van der Waals surface area (Å²) in [7, 11) is 0. The first-order valence-corrected chi connectivity index (χ1v) is 5.29. The molecule has 2 N–H and O–H groups in total. The molecule has 76 valence electrons. The molecular weight excluding hydrogens is 164 g/mol. The summed E-state index contributed by atoms with van der Waals surface area (Å²) in [6.07, 6.45) is 2.97. The molecule has 3 nitrogen and oxygen atoms in total. The van der Waals surface area contributed by atoms with Crippen LogP contribution in [0.1, 0.15) is 33.1 Å². The van der Waals surface area contributed by atoms with Crippen molar-refractivity contribution in [1.29, 1.82) is 0 Å². The number of carbonyl (C=O) groups is 1. The lowest BCUT2D eigenvalue weighted by atomic mass is 10.0. The van der Waals surface area contributed by atoms with Gasteiger partial charge < -0.3 is 10.6 Å². The fourth-order valence-electron chi connectivity index (χ4n) is 1.76. The zero-order valence-corrected chi connectivity index (χ0v) is 8.60. The first-order valence-electron chi connectivity index (χ1n) is 5.29. The van der Waals surface area contributed by atoms with Gasteiger partial charge in [0.05, 0.1) is 0 Å². The largest absolute Gasteiger partial charge is 0.352 e. The first-order chi connectivity index (χ1) is 6.27. The summed E-state index contributed by atoms with van der Waals surface area (Å²) in [6.45, 7) is 6.11. The summed E-state index contributed by atoms with van der Waals surface area (Å²) in [5.74, 6) is 0.444. The maximum absolute atomic E-state index is 11.6. The number of rotatable bonds is 4. The second-order valence-electron chi connectivity index (χ2n) is 3.71. The highest BCUT2D eigenvalue weighted by Crippen LogP contribution is 2.08. The summed E-state index contributed by atoms with van der Waals surface area (Å²) in [5, 5.41) is 6.32. The molecule has 0 unspecified atom stereocenters. The molecule has 3 heteroatoms. The van der Waals surface area contributed by atoms with Crippen molar-refractivity contribution in [3.05, 3.63) is 0 Å². The van der Waals surface area contributed by atoms with E-state index in [4.69, 9.17) is 0 Å². The van der Waals surface area contributed by atoms with Crippen molar-refractivity contribution >= 4 is 5.91 Å². The van der Waals surface area contributed by atoms with Gasteiger partial charge in [-0.25, -0.2) is 0 Å². The van der Waals surface area contributed by atoms with E-state index in [1.807, 2.05) is 0 Å². The molecule has 1 saturated heterocycles. The Labute approximate surface area is 80.3 Å². The van der Waals surface area contributed by atoms with Gasteiger partial charge in [0.25, 0.3) is 0 Å². The molecule has 0 saturated carbocycles. The van der Waals surface area contributed by atoms with Crippen LogP contribution in [0, 0.1) is 5.92 Å². The van der Waals surface area contributed by atoms with Crippen molar-refractivity contribution in [2.24, 2.45) is 5.92 Å². The smallest absolute Gasteiger partial charge is 0.223 e. The normalized spacial score (nSPS) is 22.2. The van der Waals surface area contributed by atoms with Gasteiger partial charge in [-0.15, -0.1) is 0 Å². The summed E-state index contributed by atoms with van der Waals surface area (Å²) in [6, 6.07) is 0.369. The van der Waals surface area contributed by atoms with Gasteiger partial charge in [0.15, 0.2) is 0 Å². The van der Waals surface area contributed by atoms with Gasteiger partial charge in [-0.3, -0.25) is 4.79 Å². The lowest BCUT2D eigenvalue weighted by Gasteiger charge is -2.16. The molecule has 1 aliphatic rings. The van der Waals surface area contributed by atoms with Gasteiger partial charge in [0.2, 0.25) is 5.91 Å². The van der Waals surface area contributed by atoms with E-state index in [1.54, 1.807) is 0 Å². The predicted octanol–water partition coefficient (Wildman–Crippen LogP) is 0.901. The average Bonchev–Trinajstić information content (AvgIpc) is 2.59. The fraction of sp³-hybridized carbons (Fsp3) is 0.900. The van der Waals surface area contributed by atoms with E-state index in [0.29, 0.717) is 6.04 Å².